The van der Waals surface area contributed by atoms with Gasteiger partial charge < -0.3 is 9.90 Å². The minimum absolute atomic E-state index is 0.0789. The summed E-state index contributed by atoms with van der Waals surface area (Å²) in [6.07, 6.45) is 1.77. The van der Waals surface area contributed by atoms with Gasteiger partial charge in [-0.25, -0.2) is 0 Å². The average molecular weight is 593 g/mol. The number of carbonyl (C=O) groups excluding carboxylic acids is 1. The van der Waals surface area contributed by atoms with Crippen LogP contribution >= 0.6 is 0 Å². The van der Waals surface area contributed by atoms with E-state index in [1.54, 1.807) is 0 Å². The van der Waals surface area contributed by atoms with Gasteiger partial charge in [-0.2, -0.15) is 0 Å². The van der Waals surface area contributed by atoms with Gasteiger partial charge in [0.1, 0.15) is 0 Å². The van der Waals surface area contributed by atoms with Crippen molar-refractivity contribution in [2.75, 3.05) is 0 Å². The Kier molecular flexibility index (Phi) is 8.09. The third-order valence-corrected chi connectivity index (χ3v) is 7.64. The number of hydrogen-bond donors (Lipinski definition) is 0. The first-order chi connectivity index (χ1) is 13.8. The molecule has 4 rings (SSSR count). The summed E-state index contributed by atoms with van der Waals surface area (Å²) in [7, 11) is 0. The first-order valence-electron chi connectivity index (χ1n) is 10.1. The molecule has 156 valence electrons. The Hall–Kier alpha value is -0.575. The second-order valence-electron chi connectivity index (χ2n) is 7.98. The van der Waals surface area contributed by atoms with Crippen LogP contribution in [0.5, 0.6) is 0 Å². The third kappa shape index (κ3) is 6.21. The van der Waals surface area contributed by atoms with Crippen LogP contribution in [-0.2, 0) is 61.2 Å². The second-order valence-corrected chi connectivity index (χ2v) is 10.2. The second kappa shape index (κ2) is 10.2. The van der Waals surface area contributed by atoms with Gasteiger partial charge in [0.2, 0.25) is 0 Å². The van der Waals surface area contributed by atoms with Crippen molar-refractivity contribution < 1.29 is 59.7 Å². The van der Waals surface area contributed by atoms with Crippen LogP contribution in [0.15, 0.2) is 30.3 Å². The summed E-state index contributed by atoms with van der Waals surface area (Å²) < 4.78 is 32.0. The Morgan fingerprint density at radius 3 is 2.48 bits per heavy atom. The van der Waals surface area contributed by atoms with E-state index in [-0.39, 0.29) is 30.7 Å². The van der Waals surface area contributed by atoms with Gasteiger partial charge in [0.25, 0.3) is 0 Å². The number of aliphatic carboxylic acids is 1. The van der Waals surface area contributed by atoms with Crippen LogP contribution in [0.4, 0.5) is 0 Å². The van der Waals surface area contributed by atoms with E-state index in [1.807, 2.05) is 32.0 Å². The third-order valence-electron chi connectivity index (χ3n) is 5.14. The van der Waals surface area contributed by atoms with Crippen LogP contribution in [0.3, 0.4) is 0 Å². The van der Waals surface area contributed by atoms with Crippen LogP contribution in [0.2, 0.25) is 3.93 Å². The molecule has 0 amide bonds. The van der Waals surface area contributed by atoms with Gasteiger partial charge >= 0.3 is 166 Å². The normalized spacial score (nSPS) is 35.1. The molecule has 1 aromatic carbocycles. The Morgan fingerprint density at radius 1 is 1.17 bits per heavy atom. The van der Waals surface area contributed by atoms with E-state index in [0.29, 0.717) is 12.7 Å². The van der Waals surface area contributed by atoms with Crippen molar-refractivity contribution in [1.29, 1.82) is 0 Å². The number of benzene rings is 1. The maximum absolute atomic E-state index is 8.89. The van der Waals surface area contributed by atoms with Gasteiger partial charge in [-0.05, 0) is 6.92 Å². The molecule has 0 unspecified atom stereocenters. The van der Waals surface area contributed by atoms with E-state index in [4.69, 9.17) is 33.6 Å². The fraction of sp³-hybridized carbons (Fsp3) is 0.667. The molecule has 3 aliphatic heterocycles. The number of carboxylic acid groups (broad SMARTS) is 1. The topological polar surface area (TPSA) is 86.3 Å². The van der Waals surface area contributed by atoms with Crippen LogP contribution in [0.1, 0.15) is 39.2 Å². The van der Waals surface area contributed by atoms with Crippen molar-refractivity contribution in [2.24, 2.45) is 0 Å². The molecule has 3 saturated heterocycles. The van der Waals surface area contributed by atoms with Crippen LogP contribution < -0.4 is 5.11 Å². The Bertz CT molecular complexity index is 664. The van der Waals surface area contributed by atoms with Crippen LogP contribution in [-0.4, -0.2) is 48.6 Å². The Morgan fingerprint density at radius 2 is 1.86 bits per heavy atom. The van der Waals surface area contributed by atoms with Gasteiger partial charge in [-0.1, -0.05) is 0 Å². The monoisotopic (exact) mass is 594 g/mol. The van der Waals surface area contributed by atoms with E-state index in [2.05, 4.69) is 12.1 Å². The molecular formula is C21H28HgO7. The molecule has 3 aliphatic rings. The molecular weight excluding hydrogens is 565 g/mol. The molecule has 0 saturated carbocycles. The summed E-state index contributed by atoms with van der Waals surface area (Å²) in [5.41, 5.74) is 1.15. The fourth-order valence-corrected chi connectivity index (χ4v) is 5.60. The Balaban J connectivity index is 0.000000552. The van der Waals surface area contributed by atoms with Gasteiger partial charge in [-0.3, -0.25) is 0 Å². The summed E-state index contributed by atoms with van der Waals surface area (Å²) in [5, 5.41) is 8.89. The molecule has 8 heteroatoms. The number of carbonyl (C=O) groups is 1. The quantitative estimate of drug-likeness (QED) is 0.481. The molecule has 0 bridgehead atoms. The predicted molar refractivity (Wildman–Crippen MR) is 97.1 cm³/mol. The van der Waals surface area contributed by atoms with Crippen molar-refractivity contribution in [3.05, 3.63) is 35.9 Å². The van der Waals surface area contributed by atoms with Gasteiger partial charge in [0.05, 0.1) is 0 Å². The van der Waals surface area contributed by atoms with E-state index in [1.165, 1.54) is 3.93 Å². The molecule has 3 fully saturated rings. The summed E-state index contributed by atoms with van der Waals surface area (Å²) in [6.45, 7) is 5.35. The van der Waals surface area contributed by atoms with Crippen LogP contribution in [0, 0.1) is 0 Å². The van der Waals surface area contributed by atoms with E-state index in [9.17, 15) is 0 Å². The van der Waals surface area contributed by atoms with E-state index < -0.39 is 11.8 Å². The predicted octanol–water partition coefficient (Wildman–Crippen LogP) is 1.72. The van der Waals surface area contributed by atoms with E-state index >= 15 is 0 Å². The maximum atomic E-state index is 8.89. The van der Waals surface area contributed by atoms with Crippen LogP contribution in [0.25, 0.3) is 0 Å². The van der Waals surface area contributed by atoms with Gasteiger partial charge in [0.15, 0.2) is 0 Å². The molecule has 0 radical (unpaired) electrons. The number of rotatable bonds is 5. The summed E-state index contributed by atoms with van der Waals surface area (Å²) in [4.78, 5) is 8.89. The zero-order valence-corrected chi connectivity index (χ0v) is 22.7. The van der Waals surface area contributed by atoms with Gasteiger partial charge in [0, 0.05) is 5.97 Å². The zero-order chi connectivity index (χ0) is 21.0. The SMILES string of the molecule is CC(=O)[O-].CC1(C)O[C@H]2O[C@H]([C@@H]3CC[C@@H]([CH2][Hg+])O3)[C@H](OCc3ccccc3)[C@H]2O1. The molecule has 0 spiro atoms. The molecule has 6 atom stereocenters. The van der Waals surface area contributed by atoms with Crippen molar-refractivity contribution in [3.8, 4) is 0 Å². The summed E-state index contributed by atoms with van der Waals surface area (Å²) in [5.74, 6) is -1.72. The number of carboxylic acids is 1. The standard InChI is InChI=1S/C19H25O5.C2H4O2.Hg/c1-12-9-10-14(21-12)15-16(20-11-13-7-5-4-6-8-13)17-18(22-15)24-19(2,3)23-17;1-2(3)4;/h4-8,12,14-18H,1,9-11H2,2-3H3;1H3,(H,3,4);/q;;+1/p-1/t12-,14+,15-,16+,17-,18-;;/m1../s1. The molecule has 1 aromatic rings. The minimum atomic E-state index is -1.08. The molecule has 3 heterocycles. The van der Waals surface area contributed by atoms with E-state index in [0.717, 1.165) is 51.5 Å². The van der Waals surface area contributed by atoms with Crippen molar-refractivity contribution >= 4 is 5.97 Å². The number of hydrogen-bond acceptors (Lipinski definition) is 7. The first kappa shape index (κ1) is 23.1. The van der Waals surface area contributed by atoms with Crippen molar-refractivity contribution in [3.63, 3.8) is 0 Å². The number of fused-ring (bicyclic) bond motifs is 1. The fourth-order valence-electron chi connectivity index (χ4n) is 3.95. The molecule has 0 aliphatic carbocycles. The summed E-state index contributed by atoms with van der Waals surface area (Å²) >= 11 is 0.769. The molecule has 0 N–H and O–H groups in total. The molecule has 7 nitrogen and oxygen atoms in total. The zero-order valence-electron chi connectivity index (χ0n) is 17.2. The summed E-state index contributed by atoms with van der Waals surface area (Å²) in [6, 6.07) is 10.2. The Labute approximate surface area is 188 Å². The molecule has 0 aromatic heterocycles. The molecule has 29 heavy (non-hydrogen) atoms. The number of ether oxygens (including phenoxy) is 5. The van der Waals surface area contributed by atoms with Crippen molar-refractivity contribution in [1.82, 2.24) is 0 Å². The van der Waals surface area contributed by atoms with Crippen molar-refractivity contribution in [2.45, 2.75) is 86.7 Å². The average Bonchev–Trinajstić information content (AvgIpc) is 3.32. The first-order valence-corrected chi connectivity index (χ1v) is 14.0. The van der Waals surface area contributed by atoms with Gasteiger partial charge in [-0.15, -0.1) is 0 Å².